The van der Waals surface area contributed by atoms with Crippen molar-refractivity contribution < 1.29 is 13.2 Å². The Labute approximate surface area is 126 Å². The number of ether oxygens (including phenoxy) is 1. The highest BCUT2D eigenvalue weighted by molar-refractivity contribution is 7.89. The molecule has 1 aromatic rings. The van der Waals surface area contributed by atoms with Crippen molar-refractivity contribution in [3.63, 3.8) is 0 Å². The molecular weight excluding hydrogens is 288 g/mol. The predicted octanol–water partition coefficient (Wildman–Crippen LogP) is 1.80. The van der Waals surface area contributed by atoms with Crippen LogP contribution in [0.15, 0.2) is 29.2 Å². The molecule has 1 aliphatic carbocycles. The van der Waals surface area contributed by atoms with E-state index >= 15 is 0 Å². The van der Waals surface area contributed by atoms with E-state index in [0.717, 1.165) is 18.6 Å². The van der Waals surface area contributed by atoms with E-state index in [1.165, 1.54) is 12.8 Å². The second kappa shape index (κ2) is 7.35. The summed E-state index contributed by atoms with van der Waals surface area (Å²) in [7, 11) is -3.50. The highest BCUT2D eigenvalue weighted by atomic mass is 32.2. The lowest BCUT2D eigenvalue weighted by atomic mass is 10.1. The predicted molar refractivity (Wildman–Crippen MR) is 82.4 cm³/mol. The first-order chi connectivity index (χ1) is 10.0. The zero-order valence-corrected chi connectivity index (χ0v) is 13.2. The highest BCUT2D eigenvalue weighted by Crippen LogP contribution is 2.28. The van der Waals surface area contributed by atoms with E-state index in [-0.39, 0.29) is 10.9 Å². The van der Waals surface area contributed by atoms with Gasteiger partial charge in [0.1, 0.15) is 0 Å². The fraction of sp³-hybridized carbons (Fsp3) is 0.600. The van der Waals surface area contributed by atoms with Gasteiger partial charge in [0, 0.05) is 19.2 Å². The molecule has 0 radical (unpaired) electrons. The summed E-state index contributed by atoms with van der Waals surface area (Å²) in [6, 6.07) is 6.66. The lowest BCUT2D eigenvalue weighted by molar-refractivity contribution is 0.129. The standard InChI is InChI=1S/C15H24N2O3S/c1-2-15(16)13-4-3-5-14(10-13)21(18,19)17-8-9-20-11-12-6-7-12/h3-5,10,12,15,17H,2,6-9,11,16H2,1H3. The summed E-state index contributed by atoms with van der Waals surface area (Å²) in [5.41, 5.74) is 6.78. The highest BCUT2D eigenvalue weighted by Gasteiger charge is 2.21. The minimum absolute atomic E-state index is 0.137. The molecule has 1 fully saturated rings. The normalized spacial score (nSPS) is 16.9. The van der Waals surface area contributed by atoms with Crippen molar-refractivity contribution in [3.05, 3.63) is 29.8 Å². The largest absolute Gasteiger partial charge is 0.380 e. The van der Waals surface area contributed by atoms with Crippen molar-refractivity contribution in [1.82, 2.24) is 4.72 Å². The number of hydrogen-bond acceptors (Lipinski definition) is 4. The molecule has 1 saturated carbocycles. The fourth-order valence-corrected chi connectivity index (χ4v) is 3.08. The third-order valence-corrected chi connectivity index (χ3v) is 5.08. The average Bonchev–Trinajstić information content (AvgIpc) is 3.30. The van der Waals surface area contributed by atoms with Crippen LogP contribution in [0.2, 0.25) is 0 Å². The topological polar surface area (TPSA) is 81.4 Å². The molecule has 5 nitrogen and oxygen atoms in total. The summed E-state index contributed by atoms with van der Waals surface area (Å²) in [5.74, 6) is 0.689. The van der Waals surface area contributed by atoms with Crippen molar-refractivity contribution in [3.8, 4) is 0 Å². The van der Waals surface area contributed by atoms with Crippen LogP contribution in [0.4, 0.5) is 0 Å². The molecule has 21 heavy (non-hydrogen) atoms. The summed E-state index contributed by atoms with van der Waals surface area (Å²) >= 11 is 0. The zero-order valence-electron chi connectivity index (χ0n) is 12.4. The minimum Gasteiger partial charge on any atom is -0.380 e. The summed E-state index contributed by atoms with van der Waals surface area (Å²) in [6.07, 6.45) is 3.23. The van der Waals surface area contributed by atoms with E-state index in [1.54, 1.807) is 18.2 Å². The quantitative estimate of drug-likeness (QED) is 0.681. The van der Waals surface area contributed by atoms with Gasteiger partial charge < -0.3 is 10.5 Å². The summed E-state index contributed by atoms with van der Waals surface area (Å²) in [4.78, 5) is 0.256. The maximum Gasteiger partial charge on any atom is 0.240 e. The molecule has 0 spiro atoms. The third-order valence-electron chi connectivity index (χ3n) is 3.63. The van der Waals surface area contributed by atoms with Gasteiger partial charge in [-0.3, -0.25) is 0 Å². The first-order valence-electron chi connectivity index (χ1n) is 7.46. The van der Waals surface area contributed by atoms with Crippen LogP contribution in [-0.2, 0) is 14.8 Å². The SMILES string of the molecule is CCC(N)c1cccc(S(=O)(=O)NCCOCC2CC2)c1. The van der Waals surface area contributed by atoms with Crippen LogP contribution < -0.4 is 10.5 Å². The van der Waals surface area contributed by atoms with Gasteiger partial charge in [0.2, 0.25) is 10.0 Å². The molecule has 3 N–H and O–H groups in total. The van der Waals surface area contributed by atoms with Gasteiger partial charge in [-0.15, -0.1) is 0 Å². The van der Waals surface area contributed by atoms with Gasteiger partial charge in [-0.2, -0.15) is 0 Å². The molecule has 6 heteroatoms. The Balaban J connectivity index is 1.88. The van der Waals surface area contributed by atoms with Gasteiger partial charge in [0.15, 0.2) is 0 Å². The van der Waals surface area contributed by atoms with Gasteiger partial charge >= 0.3 is 0 Å². The summed E-state index contributed by atoms with van der Waals surface area (Å²) < 4.78 is 32.4. The Hall–Kier alpha value is -0.950. The van der Waals surface area contributed by atoms with Crippen molar-refractivity contribution in [2.24, 2.45) is 11.7 Å². The molecule has 1 unspecified atom stereocenters. The monoisotopic (exact) mass is 312 g/mol. The van der Waals surface area contributed by atoms with E-state index in [1.807, 2.05) is 13.0 Å². The number of sulfonamides is 1. The first-order valence-corrected chi connectivity index (χ1v) is 8.94. The minimum atomic E-state index is -3.50. The smallest absolute Gasteiger partial charge is 0.240 e. The summed E-state index contributed by atoms with van der Waals surface area (Å²) in [5, 5.41) is 0. The van der Waals surface area contributed by atoms with Crippen LogP contribution in [-0.4, -0.2) is 28.2 Å². The van der Waals surface area contributed by atoms with Crippen molar-refractivity contribution in [2.75, 3.05) is 19.8 Å². The number of rotatable bonds is 9. The van der Waals surface area contributed by atoms with Crippen LogP contribution in [0.25, 0.3) is 0 Å². The molecule has 2 rings (SSSR count). The van der Waals surface area contributed by atoms with E-state index in [4.69, 9.17) is 10.5 Å². The summed E-state index contributed by atoms with van der Waals surface area (Å²) in [6.45, 7) is 3.41. The van der Waals surface area contributed by atoms with Crippen LogP contribution >= 0.6 is 0 Å². The fourth-order valence-electron chi connectivity index (χ4n) is 2.01. The Morgan fingerprint density at radius 1 is 1.43 bits per heavy atom. The van der Waals surface area contributed by atoms with Gasteiger partial charge in [0.25, 0.3) is 0 Å². The zero-order chi connectivity index (χ0) is 15.3. The van der Waals surface area contributed by atoms with Crippen LogP contribution in [0.3, 0.4) is 0 Å². The second-order valence-corrected chi connectivity index (χ2v) is 7.27. The van der Waals surface area contributed by atoms with Crippen molar-refractivity contribution in [1.29, 1.82) is 0 Å². The average molecular weight is 312 g/mol. The molecule has 0 saturated heterocycles. The Kier molecular flexibility index (Phi) is 5.75. The Bertz CT molecular complexity index is 556. The first kappa shape index (κ1) is 16.4. The maximum absolute atomic E-state index is 12.2. The van der Waals surface area contributed by atoms with E-state index in [2.05, 4.69) is 4.72 Å². The molecule has 1 atom stereocenters. The molecular formula is C15H24N2O3S. The molecule has 0 heterocycles. The van der Waals surface area contributed by atoms with E-state index in [0.29, 0.717) is 19.1 Å². The number of nitrogens with one attached hydrogen (secondary N) is 1. The van der Waals surface area contributed by atoms with Crippen LogP contribution in [0.1, 0.15) is 37.8 Å². The molecule has 0 aromatic heterocycles. The second-order valence-electron chi connectivity index (χ2n) is 5.50. The maximum atomic E-state index is 12.2. The molecule has 0 bridgehead atoms. The third kappa shape index (κ3) is 5.07. The van der Waals surface area contributed by atoms with Gasteiger partial charge in [-0.05, 0) is 42.9 Å². The van der Waals surface area contributed by atoms with Crippen LogP contribution in [0.5, 0.6) is 0 Å². The molecule has 0 amide bonds. The lowest BCUT2D eigenvalue weighted by Gasteiger charge is -2.12. The van der Waals surface area contributed by atoms with E-state index < -0.39 is 10.0 Å². The Morgan fingerprint density at radius 3 is 2.86 bits per heavy atom. The number of hydrogen-bond donors (Lipinski definition) is 2. The molecule has 0 aliphatic heterocycles. The van der Waals surface area contributed by atoms with Crippen molar-refractivity contribution in [2.45, 2.75) is 37.1 Å². The van der Waals surface area contributed by atoms with Gasteiger partial charge in [-0.25, -0.2) is 13.1 Å². The molecule has 118 valence electrons. The van der Waals surface area contributed by atoms with Gasteiger partial charge in [0.05, 0.1) is 11.5 Å². The van der Waals surface area contributed by atoms with Crippen LogP contribution in [0, 0.1) is 5.92 Å². The molecule has 1 aliphatic rings. The molecule has 1 aromatic carbocycles. The Morgan fingerprint density at radius 2 is 2.19 bits per heavy atom. The lowest BCUT2D eigenvalue weighted by Crippen LogP contribution is -2.28. The van der Waals surface area contributed by atoms with Crippen molar-refractivity contribution >= 4 is 10.0 Å². The van der Waals surface area contributed by atoms with Gasteiger partial charge in [-0.1, -0.05) is 19.1 Å². The number of nitrogens with two attached hydrogens (primary N) is 1. The number of benzene rings is 1. The van der Waals surface area contributed by atoms with E-state index in [9.17, 15) is 8.42 Å².